The van der Waals surface area contributed by atoms with E-state index in [0.717, 1.165) is 12.1 Å². The number of aryl methyl sites for hydroxylation is 2. The molecule has 25 heavy (non-hydrogen) atoms. The maximum Gasteiger partial charge on any atom is 0.146 e. The van der Waals surface area contributed by atoms with Gasteiger partial charge in [0.15, 0.2) is 0 Å². The summed E-state index contributed by atoms with van der Waals surface area (Å²) in [6.45, 7) is 7.05. The van der Waals surface area contributed by atoms with Gasteiger partial charge in [0, 0.05) is 26.2 Å². The topological polar surface area (TPSA) is 35.5 Å². The number of hydrogen-bond donors (Lipinski definition) is 2. The Morgan fingerprint density at radius 2 is 1.84 bits per heavy atom. The van der Waals surface area contributed by atoms with Crippen molar-refractivity contribution in [3.05, 3.63) is 64.5 Å². The van der Waals surface area contributed by atoms with Crippen molar-refractivity contribution in [2.75, 3.05) is 18.0 Å². The van der Waals surface area contributed by atoms with E-state index < -0.39 is 0 Å². The lowest BCUT2D eigenvalue weighted by atomic mass is 10.1. The van der Waals surface area contributed by atoms with E-state index >= 15 is 0 Å². The van der Waals surface area contributed by atoms with E-state index in [1.807, 2.05) is 17.0 Å². The maximum atomic E-state index is 14.5. The average Bonchev–Trinajstić information content (AvgIpc) is 2.58. The molecule has 3 rings (SSSR count). The van der Waals surface area contributed by atoms with Crippen LogP contribution < -0.4 is 10.2 Å². The molecule has 2 N–H and O–H groups in total. The van der Waals surface area contributed by atoms with E-state index in [1.165, 1.54) is 16.7 Å². The van der Waals surface area contributed by atoms with Crippen molar-refractivity contribution in [1.82, 2.24) is 5.32 Å². The van der Waals surface area contributed by atoms with Crippen LogP contribution in [0.1, 0.15) is 35.1 Å². The molecule has 0 atom stereocenters. The second-order valence-corrected chi connectivity index (χ2v) is 7.04. The van der Waals surface area contributed by atoms with Crippen LogP contribution in [0.25, 0.3) is 0 Å². The Labute approximate surface area is 149 Å². The van der Waals surface area contributed by atoms with Gasteiger partial charge in [-0.2, -0.15) is 0 Å². The molecule has 1 fully saturated rings. The molecule has 0 amide bonds. The van der Waals surface area contributed by atoms with E-state index in [1.54, 1.807) is 6.07 Å². The van der Waals surface area contributed by atoms with Crippen molar-refractivity contribution in [3.8, 4) is 0 Å². The second kappa shape index (κ2) is 7.98. The van der Waals surface area contributed by atoms with Crippen LogP contribution in [0.3, 0.4) is 0 Å². The van der Waals surface area contributed by atoms with E-state index in [2.05, 4.69) is 37.4 Å². The number of halogens is 1. The lowest BCUT2D eigenvalue weighted by Crippen LogP contribution is -2.36. The van der Waals surface area contributed by atoms with Crippen molar-refractivity contribution >= 4 is 5.69 Å². The molecule has 0 unspecified atom stereocenters. The van der Waals surface area contributed by atoms with Crippen molar-refractivity contribution in [1.29, 1.82) is 0 Å². The molecule has 3 nitrogen and oxygen atoms in total. The van der Waals surface area contributed by atoms with Crippen molar-refractivity contribution < 1.29 is 9.50 Å². The quantitative estimate of drug-likeness (QED) is 0.870. The first-order chi connectivity index (χ1) is 12.0. The summed E-state index contributed by atoms with van der Waals surface area (Å²) in [6, 6.07) is 11.9. The molecule has 0 aromatic heterocycles. The molecular weight excluding hydrogens is 315 g/mol. The van der Waals surface area contributed by atoms with Gasteiger partial charge in [-0.3, -0.25) is 0 Å². The zero-order valence-corrected chi connectivity index (χ0v) is 15.1. The zero-order valence-electron chi connectivity index (χ0n) is 15.1. The SMILES string of the molecule is Cc1ccc(CNCc2ccc(N3CCC(O)CC3)c(F)c2)c(C)c1. The Kier molecular flexibility index (Phi) is 5.71. The first kappa shape index (κ1) is 17.9. The van der Waals surface area contributed by atoms with Crippen LogP contribution in [-0.2, 0) is 13.1 Å². The van der Waals surface area contributed by atoms with Gasteiger partial charge in [-0.1, -0.05) is 29.8 Å². The molecule has 0 aliphatic carbocycles. The van der Waals surface area contributed by atoms with Gasteiger partial charge in [-0.15, -0.1) is 0 Å². The Bertz CT molecular complexity index is 724. The predicted octanol–water partition coefficient (Wildman–Crippen LogP) is 3.69. The van der Waals surface area contributed by atoms with Gasteiger partial charge in [0.1, 0.15) is 5.82 Å². The van der Waals surface area contributed by atoms with Crippen molar-refractivity contribution in [2.45, 2.75) is 45.9 Å². The molecular formula is C21H27FN2O. The van der Waals surface area contributed by atoms with Gasteiger partial charge in [0.25, 0.3) is 0 Å². The van der Waals surface area contributed by atoms with Gasteiger partial charge in [-0.05, 0) is 55.5 Å². The fourth-order valence-electron chi connectivity index (χ4n) is 3.41. The maximum absolute atomic E-state index is 14.5. The Morgan fingerprint density at radius 3 is 2.52 bits per heavy atom. The molecule has 134 valence electrons. The summed E-state index contributed by atoms with van der Waals surface area (Å²) in [6.07, 6.45) is 1.17. The molecule has 4 heteroatoms. The third kappa shape index (κ3) is 4.59. The van der Waals surface area contributed by atoms with Gasteiger partial charge >= 0.3 is 0 Å². The highest BCUT2D eigenvalue weighted by Gasteiger charge is 2.19. The van der Waals surface area contributed by atoms with Gasteiger partial charge < -0.3 is 15.3 Å². The van der Waals surface area contributed by atoms with Crippen LogP contribution in [0, 0.1) is 19.7 Å². The fraction of sp³-hybridized carbons (Fsp3) is 0.429. The van der Waals surface area contributed by atoms with Crippen LogP contribution in [0.2, 0.25) is 0 Å². The summed E-state index contributed by atoms with van der Waals surface area (Å²) in [5.41, 5.74) is 5.41. The minimum Gasteiger partial charge on any atom is -0.393 e. The largest absolute Gasteiger partial charge is 0.393 e. The van der Waals surface area contributed by atoms with Crippen LogP contribution >= 0.6 is 0 Å². The van der Waals surface area contributed by atoms with E-state index in [9.17, 15) is 9.50 Å². The zero-order chi connectivity index (χ0) is 17.8. The number of nitrogens with zero attached hydrogens (tertiary/aromatic N) is 1. The Morgan fingerprint density at radius 1 is 1.08 bits per heavy atom. The van der Waals surface area contributed by atoms with E-state index in [4.69, 9.17) is 0 Å². The lowest BCUT2D eigenvalue weighted by Gasteiger charge is -2.31. The Hall–Kier alpha value is -1.91. The summed E-state index contributed by atoms with van der Waals surface area (Å²) in [5.74, 6) is -0.179. The van der Waals surface area contributed by atoms with Crippen LogP contribution in [-0.4, -0.2) is 24.3 Å². The third-order valence-corrected chi connectivity index (χ3v) is 4.96. The van der Waals surface area contributed by atoms with Gasteiger partial charge in [0.2, 0.25) is 0 Å². The lowest BCUT2D eigenvalue weighted by molar-refractivity contribution is 0.145. The number of nitrogens with one attached hydrogen (secondary N) is 1. The predicted molar refractivity (Wildman–Crippen MR) is 100 cm³/mol. The highest BCUT2D eigenvalue weighted by atomic mass is 19.1. The first-order valence-electron chi connectivity index (χ1n) is 9.01. The van der Waals surface area contributed by atoms with E-state index in [-0.39, 0.29) is 11.9 Å². The van der Waals surface area contributed by atoms with Crippen LogP contribution in [0.4, 0.5) is 10.1 Å². The summed E-state index contributed by atoms with van der Waals surface area (Å²) >= 11 is 0. The minimum atomic E-state index is -0.243. The highest BCUT2D eigenvalue weighted by molar-refractivity contribution is 5.49. The molecule has 1 aliphatic heterocycles. The van der Waals surface area contributed by atoms with E-state index in [0.29, 0.717) is 38.2 Å². The molecule has 0 bridgehead atoms. The van der Waals surface area contributed by atoms with Crippen LogP contribution in [0.15, 0.2) is 36.4 Å². The fourth-order valence-corrected chi connectivity index (χ4v) is 3.41. The number of aliphatic hydroxyl groups is 1. The molecule has 2 aromatic carbocycles. The van der Waals surface area contributed by atoms with Crippen LogP contribution in [0.5, 0.6) is 0 Å². The summed E-state index contributed by atoms with van der Waals surface area (Å²) in [7, 11) is 0. The highest BCUT2D eigenvalue weighted by Crippen LogP contribution is 2.24. The van der Waals surface area contributed by atoms with Gasteiger partial charge in [-0.25, -0.2) is 4.39 Å². The molecule has 1 saturated heterocycles. The molecule has 0 saturated carbocycles. The Balaban J connectivity index is 1.57. The average molecular weight is 342 g/mol. The smallest absolute Gasteiger partial charge is 0.146 e. The number of rotatable bonds is 5. The molecule has 1 aliphatic rings. The number of anilines is 1. The summed E-state index contributed by atoms with van der Waals surface area (Å²) < 4.78 is 14.5. The molecule has 1 heterocycles. The normalized spacial score (nSPS) is 15.6. The van der Waals surface area contributed by atoms with Crippen molar-refractivity contribution in [3.63, 3.8) is 0 Å². The monoisotopic (exact) mass is 342 g/mol. The second-order valence-electron chi connectivity index (χ2n) is 7.04. The number of hydrogen-bond acceptors (Lipinski definition) is 3. The minimum absolute atomic E-state index is 0.179. The standard InChI is InChI=1S/C21H27FN2O/c1-15-3-5-18(16(2)11-15)14-23-13-17-4-6-21(20(22)12-17)24-9-7-19(25)8-10-24/h3-6,11-12,19,23,25H,7-10,13-14H2,1-2H3. The number of benzene rings is 2. The van der Waals surface area contributed by atoms with Gasteiger partial charge in [0.05, 0.1) is 11.8 Å². The number of aliphatic hydroxyl groups excluding tert-OH is 1. The number of piperidine rings is 1. The molecule has 0 spiro atoms. The molecule has 2 aromatic rings. The van der Waals surface area contributed by atoms with Crippen molar-refractivity contribution in [2.24, 2.45) is 0 Å². The summed E-state index contributed by atoms with van der Waals surface area (Å²) in [5, 5.41) is 13.0. The summed E-state index contributed by atoms with van der Waals surface area (Å²) in [4.78, 5) is 2.02. The third-order valence-electron chi connectivity index (χ3n) is 4.96. The molecule has 0 radical (unpaired) electrons. The first-order valence-corrected chi connectivity index (χ1v) is 9.01.